The number of amides is 1. The van der Waals surface area contributed by atoms with E-state index in [-0.39, 0.29) is 29.7 Å². The summed E-state index contributed by atoms with van der Waals surface area (Å²) in [6.45, 7) is 0. The van der Waals surface area contributed by atoms with Gasteiger partial charge in [0.1, 0.15) is 0 Å². The Morgan fingerprint density at radius 1 is 1.27 bits per heavy atom. The summed E-state index contributed by atoms with van der Waals surface area (Å²) in [6.07, 6.45) is 2.09. The van der Waals surface area contributed by atoms with Crippen molar-refractivity contribution in [2.75, 3.05) is 18.6 Å². The lowest BCUT2D eigenvalue weighted by molar-refractivity contribution is 0.106. The van der Waals surface area contributed by atoms with Gasteiger partial charge in [0.25, 0.3) is 0 Å². The van der Waals surface area contributed by atoms with Gasteiger partial charge in [-0.05, 0) is 19.3 Å². The van der Waals surface area contributed by atoms with E-state index < -0.39 is 9.84 Å². The maximum Gasteiger partial charge on any atom is 0.410 e. The van der Waals surface area contributed by atoms with Crippen LogP contribution in [0.2, 0.25) is 0 Å². The highest BCUT2D eigenvalue weighted by Crippen LogP contribution is 2.32. The Bertz CT molecular complexity index is 360. The van der Waals surface area contributed by atoms with Gasteiger partial charge in [-0.2, -0.15) is 0 Å². The SMILES string of the molecule is COC(=O)N(C1CC1)C1CCS(=O)(=O)C1. The number of methoxy groups -OCH3 is 1. The molecule has 1 saturated heterocycles. The van der Waals surface area contributed by atoms with Crippen molar-refractivity contribution in [3.05, 3.63) is 0 Å². The molecule has 1 amide bonds. The second kappa shape index (κ2) is 3.66. The minimum absolute atomic E-state index is 0.0958. The number of hydrogen-bond donors (Lipinski definition) is 0. The largest absolute Gasteiger partial charge is 0.453 e. The van der Waals surface area contributed by atoms with Gasteiger partial charge in [0.05, 0.1) is 24.7 Å². The van der Waals surface area contributed by atoms with Gasteiger partial charge in [-0.15, -0.1) is 0 Å². The zero-order chi connectivity index (χ0) is 11.1. The van der Waals surface area contributed by atoms with E-state index in [0.29, 0.717) is 6.42 Å². The third-order valence-corrected chi connectivity index (χ3v) is 4.68. The van der Waals surface area contributed by atoms with Crippen molar-refractivity contribution < 1.29 is 17.9 Å². The van der Waals surface area contributed by atoms with Gasteiger partial charge in [0.2, 0.25) is 0 Å². The fraction of sp³-hybridized carbons (Fsp3) is 0.889. The van der Waals surface area contributed by atoms with Crippen molar-refractivity contribution in [3.63, 3.8) is 0 Å². The third kappa shape index (κ3) is 2.25. The minimum Gasteiger partial charge on any atom is -0.453 e. The van der Waals surface area contributed by atoms with Gasteiger partial charge >= 0.3 is 6.09 Å². The molecular formula is C9H15NO4S. The summed E-state index contributed by atoms with van der Waals surface area (Å²) in [5.74, 6) is 0.288. The fourth-order valence-corrected chi connectivity index (χ4v) is 3.76. The van der Waals surface area contributed by atoms with Gasteiger partial charge in [0.15, 0.2) is 9.84 Å². The van der Waals surface area contributed by atoms with E-state index in [4.69, 9.17) is 0 Å². The fourth-order valence-electron chi connectivity index (χ4n) is 2.05. The van der Waals surface area contributed by atoms with Crippen LogP contribution < -0.4 is 0 Å². The summed E-state index contributed by atoms with van der Waals surface area (Å²) in [5.41, 5.74) is 0. The number of nitrogens with zero attached hydrogens (tertiary/aromatic N) is 1. The molecule has 0 radical (unpaired) electrons. The highest BCUT2D eigenvalue weighted by molar-refractivity contribution is 7.91. The molecule has 1 aliphatic carbocycles. The van der Waals surface area contributed by atoms with E-state index in [1.807, 2.05) is 0 Å². The van der Waals surface area contributed by atoms with Crippen LogP contribution in [-0.4, -0.2) is 50.1 Å². The molecule has 6 heteroatoms. The Balaban J connectivity index is 2.09. The molecule has 1 atom stereocenters. The van der Waals surface area contributed by atoms with Gasteiger partial charge in [0, 0.05) is 6.04 Å². The van der Waals surface area contributed by atoms with E-state index in [1.54, 1.807) is 4.90 Å². The van der Waals surface area contributed by atoms with Crippen LogP contribution in [0.25, 0.3) is 0 Å². The van der Waals surface area contributed by atoms with Crippen LogP contribution in [0, 0.1) is 0 Å². The number of rotatable bonds is 2. The molecule has 1 heterocycles. The first-order valence-electron chi connectivity index (χ1n) is 5.10. The monoisotopic (exact) mass is 233 g/mol. The van der Waals surface area contributed by atoms with Crippen LogP contribution in [0.15, 0.2) is 0 Å². The molecule has 0 aromatic carbocycles. The molecular weight excluding hydrogens is 218 g/mol. The molecule has 1 unspecified atom stereocenters. The number of carbonyl (C=O) groups is 1. The second-order valence-corrected chi connectivity index (χ2v) is 6.39. The molecule has 1 saturated carbocycles. The van der Waals surface area contributed by atoms with Gasteiger partial charge < -0.3 is 9.64 Å². The number of carbonyl (C=O) groups excluding carboxylic acids is 1. The maximum absolute atomic E-state index is 11.5. The zero-order valence-electron chi connectivity index (χ0n) is 8.68. The molecule has 2 fully saturated rings. The van der Waals surface area contributed by atoms with Crippen molar-refractivity contribution in [2.24, 2.45) is 0 Å². The van der Waals surface area contributed by atoms with Crippen molar-refractivity contribution in [3.8, 4) is 0 Å². The molecule has 2 aliphatic rings. The van der Waals surface area contributed by atoms with Crippen molar-refractivity contribution in [1.29, 1.82) is 0 Å². The third-order valence-electron chi connectivity index (χ3n) is 2.93. The second-order valence-electron chi connectivity index (χ2n) is 4.17. The molecule has 2 rings (SSSR count). The number of ether oxygens (including phenoxy) is 1. The van der Waals surface area contributed by atoms with Crippen LogP contribution in [0.1, 0.15) is 19.3 Å². The van der Waals surface area contributed by atoms with Crippen LogP contribution in [0.4, 0.5) is 4.79 Å². The lowest BCUT2D eigenvalue weighted by Gasteiger charge is -2.26. The van der Waals surface area contributed by atoms with Crippen molar-refractivity contribution >= 4 is 15.9 Å². The topological polar surface area (TPSA) is 63.7 Å². The highest BCUT2D eigenvalue weighted by atomic mass is 32.2. The van der Waals surface area contributed by atoms with Crippen LogP contribution in [0.5, 0.6) is 0 Å². The quantitative estimate of drug-likeness (QED) is 0.692. The molecule has 15 heavy (non-hydrogen) atoms. The van der Waals surface area contributed by atoms with E-state index in [2.05, 4.69) is 4.74 Å². The normalized spacial score (nSPS) is 28.7. The summed E-state index contributed by atoms with van der Waals surface area (Å²) in [7, 11) is -1.60. The lowest BCUT2D eigenvalue weighted by atomic mass is 10.2. The first-order valence-corrected chi connectivity index (χ1v) is 6.92. The minimum atomic E-state index is -2.94. The summed E-state index contributed by atoms with van der Waals surface area (Å²) >= 11 is 0. The maximum atomic E-state index is 11.5. The predicted octanol–water partition coefficient (Wildman–Crippen LogP) is 0.404. The van der Waals surface area contributed by atoms with Gasteiger partial charge in [-0.1, -0.05) is 0 Å². The molecule has 0 spiro atoms. The molecule has 0 N–H and O–H groups in total. The Kier molecular flexibility index (Phi) is 2.62. The zero-order valence-corrected chi connectivity index (χ0v) is 9.50. The van der Waals surface area contributed by atoms with E-state index >= 15 is 0 Å². The summed E-state index contributed by atoms with van der Waals surface area (Å²) in [6, 6.07) is 0.0331. The van der Waals surface area contributed by atoms with Gasteiger partial charge in [-0.3, -0.25) is 0 Å². The Morgan fingerprint density at radius 2 is 1.93 bits per heavy atom. The first kappa shape index (κ1) is 10.7. The Hall–Kier alpha value is -0.780. The first-order chi connectivity index (χ1) is 7.03. The standard InChI is InChI=1S/C9H15NO4S/c1-14-9(11)10(7-2-3-7)8-4-5-15(12,13)6-8/h7-8H,2-6H2,1H3. The van der Waals surface area contributed by atoms with E-state index in [0.717, 1.165) is 12.8 Å². The molecule has 5 nitrogen and oxygen atoms in total. The summed E-state index contributed by atoms with van der Waals surface area (Å²) < 4.78 is 27.3. The smallest absolute Gasteiger partial charge is 0.410 e. The summed E-state index contributed by atoms with van der Waals surface area (Å²) in [4.78, 5) is 13.1. The van der Waals surface area contributed by atoms with Crippen LogP contribution in [0.3, 0.4) is 0 Å². The molecule has 0 aromatic rings. The Labute approximate surface area is 89.3 Å². The molecule has 86 valence electrons. The Morgan fingerprint density at radius 3 is 2.33 bits per heavy atom. The highest BCUT2D eigenvalue weighted by Gasteiger charge is 2.42. The van der Waals surface area contributed by atoms with Crippen LogP contribution in [-0.2, 0) is 14.6 Å². The molecule has 1 aliphatic heterocycles. The predicted molar refractivity (Wildman–Crippen MR) is 54.3 cm³/mol. The molecule has 0 aromatic heterocycles. The van der Waals surface area contributed by atoms with Crippen LogP contribution >= 0.6 is 0 Å². The average molecular weight is 233 g/mol. The molecule has 0 bridgehead atoms. The lowest BCUT2D eigenvalue weighted by Crippen LogP contribution is -2.42. The van der Waals surface area contributed by atoms with Crippen molar-refractivity contribution in [1.82, 2.24) is 4.90 Å². The van der Waals surface area contributed by atoms with E-state index in [1.165, 1.54) is 7.11 Å². The van der Waals surface area contributed by atoms with Gasteiger partial charge in [-0.25, -0.2) is 13.2 Å². The number of hydrogen-bond acceptors (Lipinski definition) is 4. The number of sulfone groups is 1. The van der Waals surface area contributed by atoms with E-state index in [9.17, 15) is 13.2 Å². The summed E-state index contributed by atoms with van der Waals surface area (Å²) in [5, 5.41) is 0. The van der Waals surface area contributed by atoms with Crippen molar-refractivity contribution in [2.45, 2.75) is 31.3 Å². The average Bonchev–Trinajstić information content (AvgIpc) is 2.92.